The zero-order chi connectivity index (χ0) is 18.6. The molecule has 0 spiro atoms. The standard InChI is InChI=1S/C17H19N3O4S/c1-20(25(2,23)24)15(12-8-4-3-5-9-12)17(22)19-14-11-7-6-10-13(14)16(18)21/h3-11,15H,1-2H3,(H2,18,21)(H,19,22). The Morgan fingerprint density at radius 3 is 2.16 bits per heavy atom. The van der Waals surface area contributed by atoms with Gasteiger partial charge < -0.3 is 11.1 Å². The van der Waals surface area contributed by atoms with Crippen molar-refractivity contribution in [3.05, 3.63) is 65.7 Å². The number of carbonyl (C=O) groups excluding carboxylic acids is 2. The monoisotopic (exact) mass is 361 g/mol. The third-order valence-electron chi connectivity index (χ3n) is 3.70. The molecule has 0 bridgehead atoms. The van der Waals surface area contributed by atoms with Crippen molar-refractivity contribution >= 4 is 27.5 Å². The van der Waals surface area contributed by atoms with Crippen molar-refractivity contribution in [2.75, 3.05) is 18.6 Å². The molecule has 3 N–H and O–H groups in total. The van der Waals surface area contributed by atoms with Crippen LogP contribution in [0.25, 0.3) is 0 Å². The van der Waals surface area contributed by atoms with Crippen LogP contribution in [0.4, 0.5) is 5.69 Å². The second-order valence-corrected chi connectivity index (χ2v) is 7.53. The van der Waals surface area contributed by atoms with E-state index in [2.05, 4.69) is 5.32 Å². The predicted octanol–water partition coefficient (Wildman–Crippen LogP) is 1.36. The molecule has 0 radical (unpaired) electrons. The van der Waals surface area contributed by atoms with Crippen LogP contribution in [0.3, 0.4) is 0 Å². The summed E-state index contributed by atoms with van der Waals surface area (Å²) in [6, 6.07) is 13.7. The van der Waals surface area contributed by atoms with Gasteiger partial charge in [-0.2, -0.15) is 4.31 Å². The Balaban J connectivity index is 2.42. The van der Waals surface area contributed by atoms with E-state index in [1.807, 2.05) is 0 Å². The lowest BCUT2D eigenvalue weighted by Gasteiger charge is -2.26. The molecule has 2 aromatic rings. The second-order valence-electron chi connectivity index (χ2n) is 5.49. The molecule has 0 aliphatic rings. The summed E-state index contributed by atoms with van der Waals surface area (Å²) < 4.78 is 24.9. The van der Waals surface area contributed by atoms with Gasteiger partial charge in [0.2, 0.25) is 15.9 Å². The zero-order valence-electron chi connectivity index (χ0n) is 13.8. The smallest absolute Gasteiger partial charge is 0.250 e. The van der Waals surface area contributed by atoms with Crippen molar-refractivity contribution in [2.24, 2.45) is 5.73 Å². The number of para-hydroxylation sites is 1. The van der Waals surface area contributed by atoms with Gasteiger partial charge in [-0.3, -0.25) is 9.59 Å². The summed E-state index contributed by atoms with van der Waals surface area (Å²) >= 11 is 0. The lowest BCUT2D eigenvalue weighted by atomic mass is 10.1. The number of anilines is 1. The van der Waals surface area contributed by atoms with Crippen LogP contribution in [0, 0.1) is 0 Å². The first-order valence-electron chi connectivity index (χ1n) is 7.39. The average Bonchev–Trinajstić information content (AvgIpc) is 2.55. The normalized spacial score (nSPS) is 12.6. The van der Waals surface area contributed by atoms with Crippen molar-refractivity contribution in [3.8, 4) is 0 Å². The summed E-state index contributed by atoms with van der Waals surface area (Å²) in [6.45, 7) is 0. The number of amides is 2. The molecule has 2 aromatic carbocycles. The van der Waals surface area contributed by atoms with Crippen LogP contribution in [-0.2, 0) is 14.8 Å². The lowest BCUT2D eigenvalue weighted by Crippen LogP contribution is -2.38. The van der Waals surface area contributed by atoms with E-state index in [-0.39, 0.29) is 11.3 Å². The minimum Gasteiger partial charge on any atom is -0.366 e. The van der Waals surface area contributed by atoms with Crippen LogP contribution in [0.15, 0.2) is 54.6 Å². The third kappa shape index (κ3) is 4.43. The number of hydrogen-bond donors (Lipinski definition) is 2. The Morgan fingerprint density at radius 2 is 1.60 bits per heavy atom. The number of carbonyl (C=O) groups is 2. The number of likely N-dealkylation sites (N-methyl/N-ethyl adjacent to an activating group) is 1. The highest BCUT2D eigenvalue weighted by Gasteiger charge is 2.31. The van der Waals surface area contributed by atoms with Gasteiger partial charge in [0.1, 0.15) is 6.04 Å². The maximum absolute atomic E-state index is 12.8. The Morgan fingerprint density at radius 1 is 1.04 bits per heavy atom. The molecule has 132 valence electrons. The predicted molar refractivity (Wildman–Crippen MR) is 95.4 cm³/mol. The van der Waals surface area contributed by atoms with Gasteiger partial charge >= 0.3 is 0 Å². The van der Waals surface area contributed by atoms with Crippen LogP contribution in [0.5, 0.6) is 0 Å². The van der Waals surface area contributed by atoms with E-state index in [9.17, 15) is 18.0 Å². The molecule has 25 heavy (non-hydrogen) atoms. The Labute approximate surface area is 146 Å². The summed E-state index contributed by atoms with van der Waals surface area (Å²) in [7, 11) is -2.31. The van der Waals surface area contributed by atoms with Crippen LogP contribution in [0.1, 0.15) is 22.0 Å². The lowest BCUT2D eigenvalue weighted by molar-refractivity contribution is -0.119. The number of primary amides is 1. The van der Waals surface area contributed by atoms with Crippen molar-refractivity contribution in [2.45, 2.75) is 6.04 Å². The van der Waals surface area contributed by atoms with E-state index in [1.54, 1.807) is 42.5 Å². The van der Waals surface area contributed by atoms with E-state index in [0.29, 0.717) is 5.56 Å². The van der Waals surface area contributed by atoms with E-state index >= 15 is 0 Å². The van der Waals surface area contributed by atoms with Crippen LogP contribution >= 0.6 is 0 Å². The molecule has 0 heterocycles. The van der Waals surface area contributed by atoms with Gasteiger partial charge in [-0.25, -0.2) is 8.42 Å². The summed E-state index contributed by atoms with van der Waals surface area (Å²) in [4.78, 5) is 24.3. The molecule has 1 unspecified atom stereocenters. The van der Waals surface area contributed by atoms with E-state index in [0.717, 1.165) is 10.6 Å². The van der Waals surface area contributed by atoms with Gasteiger partial charge in [-0.05, 0) is 17.7 Å². The van der Waals surface area contributed by atoms with Crippen molar-refractivity contribution in [1.82, 2.24) is 4.31 Å². The Kier molecular flexibility index (Phi) is 5.55. The number of benzene rings is 2. The van der Waals surface area contributed by atoms with Crippen LogP contribution in [0.2, 0.25) is 0 Å². The number of nitrogens with one attached hydrogen (secondary N) is 1. The minimum absolute atomic E-state index is 0.143. The number of sulfonamides is 1. The SMILES string of the molecule is CN(C(C(=O)Nc1ccccc1C(N)=O)c1ccccc1)S(C)(=O)=O. The maximum Gasteiger partial charge on any atom is 0.250 e. The number of nitrogens with two attached hydrogens (primary N) is 1. The van der Waals surface area contributed by atoms with Crippen molar-refractivity contribution < 1.29 is 18.0 Å². The first-order valence-corrected chi connectivity index (χ1v) is 9.24. The summed E-state index contributed by atoms with van der Waals surface area (Å²) in [5.41, 5.74) is 6.18. The molecule has 1 atom stereocenters. The Bertz CT molecular complexity index is 882. The fourth-order valence-electron chi connectivity index (χ4n) is 2.36. The molecule has 0 fully saturated rings. The minimum atomic E-state index is -3.63. The largest absolute Gasteiger partial charge is 0.366 e. The number of hydrogen-bond acceptors (Lipinski definition) is 4. The van der Waals surface area contributed by atoms with Crippen molar-refractivity contribution in [1.29, 1.82) is 0 Å². The molecule has 0 aliphatic carbocycles. The van der Waals surface area contributed by atoms with Gasteiger partial charge in [0, 0.05) is 7.05 Å². The molecule has 2 rings (SSSR count). The Hall–Kier alpha value is -2.71. The number of nitrogens with zero attached hydrogens (tertiary/aromatic N) is 1. The third-order valence-corrected chi connectivity index (χ3v) is 4.96. The van der Waals surface area contributed by atoms with E-state index in [1.165, 1.54) is 19.2 Å². The summed E-state index contributed by atoms with van der Waals surface area (Å²) in [5, 5.41) is 2.60. The van der Waals surface area contributed by atoms with E-state index in [4.69, 9.17) is 5.73 Å². The summed E-state index contributed by atoms with van der Waals surface area (Å²) in [6.07, 6.45) is 1.02. The fourth-order valence-corrected chi connectivity index (χ4v) is 2.96. The topological polar surface area (TPSA) is 110 Å². The molecular formula is C17H19N3O4S. The summed E-state index contributed by atoms with van der Waals surface area (Å²) in [5.74, 6) is -1.28. The molecule has 0 saturated carbocycles. The quantitative estimate of drug-likeness (QED) is 0.809. The van der Waals surface area contributed by atoms with Crippen LogP contribution < -0.4 is 11.1 Å². The van der Waals surface area contributed by atoms with Crippen molar-refractivity contribution in [3.63, 3.8) is 0 Å². The van der Waals surface area contributed by atoms with Gasteiger partial charge in [0.15, 0.2) is 0 Å². The molecule has 2 amide bonds. The molecular weight excluding hydrogens is 342 g/mol. The second kappa shape index (κ2) is 7.45. The van der Waals surface area contributed by atoms with Gasteiger partial charge in [0.05, 0.1) is 17.5 Å². The van der Waals surface area contributed by atoms with E-state index < -0.39 is 27.9 Å². The first-order chi connectivity index (χ1) is 11.7. The molecule has 0 saturated heterocycles. The first kappa shape index (κ1) is 18.6. The molecule has 7 nitrogen and oxygen atoms in total. The molecule has 0 aliphatic heterocycles. The number of rotatable bonds is 6. The van der Waals surface area contributed by atoms with Crippen LogP contribution in [-0.4, -0.2) is 37.8 Å². The van der Waals surface area contributed by atoms with Gasteiger partial charge in [0.25, 0.3) is 5.91 Å². The highest BCUT2D eigenvalue weighted by atomic mass is 32.2. The molecule has 8 heteroatoms. The molecule has 0 aromatic heterocycles. The zero-order valence-corrected chi connectivity index (χ0v) is 14.7. The average molecular weight is 361 g/mol. The maximum atomic E-state index is 12.8. The van der Waals surface area contributed by atoms with Gasteiger partial charge in [-0.15, -0.1) is 0 Å². The highest BCUT2D eigenvalue weighted by Crippen LogP contribution is 2.24. The van der Waals surface area contributed by atoms with Gasteiger partial charge in [-0.1, -0.05) is 42.5 Å². The highest BCUT2D eigenvalue weighted by molar-refractivity contribution is 7.88. The fraction of sp³-hybridized carbons (Fsp3) is 0.176.